The van der Waals surface area contributed by atoms with Crippen molar-refractivity contribution in [2.45, 2.75) is 25.3 Å². The molecule has 0 unspecified atom stereocenters. The Morgan fingerprint density at radius 1 is 1.02 bits per heavy atom. The summed E-state index contributed by atoms with van der Waals surface area (Å²) in [5.41, 5.74) is 2.13. The fraction of sp³-hybridized carbons (Fsp3) is 0.300. The van der Waals surface area contributed by atoms with Gasteiger partial charge in [0.2, 0.25) is 0 Å². The Morgan fingerprint density at radius 3 is 2.53 bits per heavy atom. The van der Waals surface area contributed by atoms with Crippen molar-refractivity contribution in [1.29, 1.82) is 0 Å². The fourth-order valence-electron chi connectivity index (χ4n) is 4.76. The van der Waals surface area contributed by atoms with Crippen LogP contribution < -0.4 is 15.4 Å². The Kier molecular flexibility index (Phi) is 8.16. The number of hydrogen-bond acceptors (Lipinski definition) is 8. The Balaban J connectivity index is 1.11. The zero-order chi connectivity index (χ0) is 29.9. The number of carboxylic acids is 1. The zero-order valence-electron chi connectivity index (χ0n) is 23.1. The maximum absolute atomic E-state index is 14.9. The molecule has 1 saturated carbocycles. The van der Waals surface area contributed by atoms with Crippen LogP contribution in [0, 0.1) is 5.82 Å². The van der Waals surface area contributed by atoms with Crippen LogP contribution in [0.4, 0.5) is 14.9 Å². The van der Waals surface area contributed by atoms with Crippen molar-refractivity contribution >= 4 is 45.1 Å². The third-order valence-corrected chi connectivity index (χ3v) is 8.42. The number of fused-ring (bicyclic) bond motifs is 1. The van der Waals surface area contributed by atoms with Crippen LogP contribution in [-0.4, -0.2) is 81.5 Å². The van der Waals surface area contributed by atoms with Gasteiger partial charge >= 0.3 is 12.0 Å². The normalized spacial score (nSPS) is 15.3. The lowest BCUT2D eigenvalue weighted by Crippen LogP contribution is -2.49. The number of amides is 3. The van der Waals surface area contributed by atoms with Crippen molar-refractivity contribution in [3.05, 3.63) is 66.2 Å². The summed E-state index contributed by atoms with van der Waals surface area (Å²) in [6.07, 6.45) is 5.14. The second kappa shape index (κ2) is 12.3. The summed E-state index contributed by atoms with van der Waals surface area (Å²) >= 11 is 1.39. The molecule has 43 heavy (non-hydrogen) atoms. The largest absolute Gasteiger partial charge is 0.481 e. The van der Waals surface area contributed by atoms with Crippen LogP contribution in [0.25, 0.3) is 20.8 Å². The van der Waals surface area contributed by atoms with E-state index in [1.807, 2.05) is 11.0 Å². The van der Waals surface area contributed by atoms with Crippen LogP contribution in [0.5, 0.6) is 11.5 Å². The van der Waals surface area contributed by atoms with Crippen LogP contribution >= 0.6 is 11.3 Å². The third-order valence-electron chi connectivity index (χ3n) is 7.26. The number of halogens is 1. The van der Waals surface area contributed by atoms with Crippen LogP contribution in [0.1, 0.15) is 29.6 Å². The molecule has 4 heterocycles. The van der Waals surface area contributed by atoms with Gasteiger partial charge in [0.05, 0.1) is 32.8 Å². The van der Waals surface area contributed by atoms with Crippen LogP contribution in [0.15, 0.2) is 54.9 Å². The summed E-state index contributed by atoms with van der Waals surface area (Å²) in [5, 5.41) is 14.3. The van der Waals surface area contributed by atoms with Gasteiger partial charge in [-0.05, 0) is 43.2 Å². The number of thiophene rings is 1. The Labute approximate surface area is 250 Å². The first-order valence-electron chi connectivity index (χ1n) is 14.0. The van der Waals surface area contributed by atoms with Gasteiger partial charge in [0.15, 0.2) is 11.6 Å². The number of rotatable bonds is 9. The summed E-state index contributed by atoms with van der Waals surface area (Å²) in [6.45, 7) is 2.79. The van der Waals surface area contributed by atoms with E-state index in [4.69, 9.17) is 9.84 Å². The van der Waals surface area contributed by atoms with E-state index in [9.17, 15) is 18.8 Å². The number of aliphatic carboxylic acids is 1. The molecule has 0 spiro atoms. The van der Waals surface area contributed by atoms with Crippen molar-refractivity contribution in [3.63, 3.8) is 0 Å². The quantitative estimate of drug-likeness (QED) is 0.248. The molecule has 2 fully saturated rings. The Hall–Kier alpha value is -4.62. The number of hydrogen-bond donors (Lipinski definition) is 3. The first kappa shape index (κ1) is 28.5. The molecule has 0 bridgehead atoms. The molecule has 1 aromatic carbocycles. The lowest BCUT2D eigenvalue weighted by atomic mass is 10.2. The zero-order valence-corrected chi connectivity index (χ0v) is 23.9. The van der Waals surface area contributed by atoms with Crippen molar-refractivity contribution in [2.75, 3.05) is 38.0 Å². The smallest absolute Gasteiger partial charge is 0.319 e. The van der Waals surface area contributed by atoms with Crippen LogP contribution in [0.2, 0.25) is 0 Å². The number of nitrogens with zero attached hydrogens (tertiary/aromatic N) is 4. The molecule has 11 nitrogen and oxygen atoms in total. The summed E-state index contributed by atoms with van der Waals surface area (Å²) in [5.74, 6) is -1.11. The molecular weight excluding hydrogens is 575 g/mol. The molecule has 2 aliphatic rings. The predicted molar refractivity (Wildman–Crippen MR) is 159 cm³/mol. The maximum atomic E-state index is 14.9. The average molecular weight is 605 g/mol. The molecule has 3 aromatic heterocycles. The average Bonchev–Trinajstić information content (AvgIpc) is 3.70. The molecule has 13 heteroatoms. The number of benzene rings is 1. The molecule has 0 atom stereocenters. The second-order valence-corrected chi connectivity index (χ2v) is 11.5. The van der Waals surface area contributed by atoms with Gasteiger partial charge in [-0.1, -0.05) is 0 Å². The van der Waals surface area contributed by atoms with E-state index in [2.05, 4.69) is 20.6 Å². The van der Waals surface area contributed by atoms with Crippen LogP contribution in [0.3, 0.4) is 0 Å². The molecule has 0 radical (unpaired) electrons. The summed E-state index contributed by atoms with van der Waals surface area (Å²) in [7, 11) is 0. The number of carbonyl (C=O) groups is 3. The Bertz CT molecular complexity index is 1670. The molecule has 4 aromatic rings. The van der Waals surface area contributed by atoms with Gasteiger partial charge in [-0.3, -0.25) is 24.5 Å². The number of pyridine rings is 2. The van der Waals surface area contributed by atoms with E-state index >= 15 is 0 Å². The third kappa shape index (κ3) is 6.89. The van der Waals surface area contributed by atoms with E-state index in [1.54, 1.807) is 41.6 Å². The number of carboxylic acid groups (broad SMARTS) is 1. The molecule has 1 aliphatic carbocycles. The number of piperazine rings is 1. The first-order chi connectivity index (χ1) is 20.8. The van der Waals surface area contributed by atoms with Crippen molar-refractivity contribution in [1.82, 2.24) is 25.1 Å². The van der Waals surface area contributed by atoms with Crippen molar-refractivity contribution in [2.24, 2.45) is 0 Å². The van der Waals surface area contributed by atoms with Crippen molar-refractivity contribution < 1.29 is 28.6 Å². The number of anilines is 1. The number of carbonyl (C=O) groups excluding carboxylic acids is 2. The minimum atomic E-state index is -0.827. The van der Waals surface area contributed by atoms with Gasteiger partial charge in [0, 0.05) is 69.0 Å². The molecular formula is C30H29FN6O5S. The van der Waals surface area contributed by atoms with E-state index in [0.29, 0.717) is 65.6 Å². The number of nitrogens with one attached hydrogen (secondary N) is 2. The molecule has 1 aliphatic heterocycles. The van der Waals surface area contributed by atoms with E-state index in [0.717, 1.165) is 17.7 Å². The van der Waals surface area contributed by atoms with E-state index in [1.165, 1.54) is 23.5 Å². The monoisotopic (exact) mass is 604 g/mol. The van der Waals surface area contributed by atoms with Gasteiger partial charge in [0.1, 0.15) is 5.75 Å². The summed E-state index contributed by atoms with van der Waals surface area (Å²) in [4.78, 5) is 49.4. The number of urea groups is 1. The molecule has 3 amide bonds. The van der Waals surface area contributed by atoms with Crippen molar-refractivity contribution in [3.8, 4) is 22.1 Å². The lowest BCUT2D eigenvalue weighted by molar-refractivity contribution is -0.137. The Morgan fingerprint density at radius 2 is 1.84 bits per heavy atom. The highest BCUT2D eigenvalue weighted by atomic mass is 32.1. The van der Waals surface area contributed by atoms with Gasteiger partial charge in [-0.15, -0.1) is 11.3 Å². The van der Waals surface area contributed by atoms with E-state index in [-0.39, 0.29) is 30.2 Å². The minimum Gasteiger partial charge on any atom is -0.481 e. The second-order valence-electron chi connectivity index (χ2n) is 10.5. The highest BCUT2D eigenvalue weighted by molar-refractivity contribution is 7.22. The maximum Gasteiger partial charge on any atom is 0.319 e. The minimum absolute atomic E-state index is 0.0133. The highest BCUT2D eigenvalue weighted by Crippen LogP contribution is 2.39. The van der Waals surface area contributed by atoms with E-state index < -0.39 is 11.8 Å². The summed E-state index contributed by atoms with van der Waals surface area (Å²) in [6, 6.07) is 11.1. The lowest BCUT2D eigenvalue weighted by Gasteiger charge is -2.34. The first-order valence-corrected chi connectivity index (χ1v) is 14.8. The standard InChI is InChI=1S/C30H29FN6O5S/c31-21-15-20(35-30(41)34-19-2-3-19)4-6-24(21)42-25-7-9-32-23-16-26(43-28(23)25)22-5-1-18(17-33-22)29(40)37-13-11-36(12-14-37)10-8-27(38)39/h1,4-7,9,15-17,19H,2-3,8,10-14H2,(H,38,39)(H2,34,35,41). The van der Waals surface area contributed by atoms with Gasteiger partial charge < -0.3 is 25.4 Å². The predicted octanol–water partition coefficient (Wildman–Crippen LogP) is 4.81. The SMILES string of the molecule is O=C(O)CCN1CCN(C(=O)c2ccc(-c3cc4nccc(Oc5ccc(NC(=O)NC6CC6)cc5F)c4s3)nc2)CC1. The molecule has 6 rings (SSSR count). The fourth-order valence-corrected chi connectivity index (χ4v) is 5.80. The highest BCUT2D eigenvalue weighted by Gasteiger charge is 2.24. The van der Waals surface area contributed by atoms with Gasteiger partial charge in [0.25, 0.3) is 5.91 Å². The van der Waals surface area contributed by atoms with Crippen LogP contribution in [-0.2, 0) is 4.79 Å². The topological polar surface area (TPSA) is 137 Å². The van der Waals surface area contributed by atoms with Gasteiger partial charge in [-0.2, -0.15) is 0 Å². The molecule has 3 N–H and O–H groups in total. The number of ether oxygens (including phenoxy) is 1. The van der Waals surface area contributed by atoms with Gasteiger partial charge in [-0.25, -0.2) is 9.18 Å². The summed E-state index contributed by atoms with van der Waals surface area (Å²) < 4.78 is 21.5. The molecule has 222 valence electrons. The number of aromatic nitrogens is 2. The molecule has 1 saturated heterocycles.